The van der Waals surface area contributed by atoms with E-state index in [0.717, 1.165) is 11.5 Å². The van der Waals surface area contributed by atoms with E-state index in [-0.39, 0.29) is 26.4 Å². The molecule has 0 aliphatic heterocycles. The third-order valence-corrected chi connectivity index (χ3v) is 5.50. The van der Waals surface area contributed by atoms with E-state index in [1.54, 1.807) is 0 Å². The second-order valence-corrected chi connectivity index (χ2v) is 8.62. The molecule has 0 saturated heterocycles. The highest BCUT2D eigenvalue weighted by Gasteiger charge is 2.11. The second kappa shape index (κ2) is 20.8. The van der Waals surface area contributed by atoms with E-state index in [0.29, 0.717) is 64.0 Å². The third kappa shape index (κ3) is 14.1. The number of rotatable bonds is 22. The first kappa shape index (κ1) is 32.6. The van der Waals surface area contributed by atoms with Gasteiger partial charge in [-0.3, -0.25) is 0 Å². The summed E-state index contributed by atoms with van der Waals surface area (Å²) in [6.45, 7) is 4.09. The van der Waals surface area contributed by atoms with Crippen molar-refractivity contribution < 1.29 is 47.5 Å². The molecule has 0 aromatic heterocycles. The van der Waals surface area contributed by atoms with Gasteiger partial charge in [0, 0.05) is 0 Å². The Morgan fingerprint density at radius 1 is 0.381 bits per heavy atom. The number of ether oxygens (including phenoxy) is 8. The van der Waals surface area contributed by atoms with Crippen LogP contribution >= 0.6 is 0 Å². The van der Waals surface area contributed by atoms with E-state index in [4.69, 9.17) is 37.9 Å². The Hall–Kier alpha value is -3.96. The molecule has 0 aliphatic rings. The molecule has 0 N–H and O–H groups in total. The van der Waals surface area contributed by atoms with Crippen LogP contribution in [0.2, 0.25) is 0 Å². The summed E-state index contributed by atoms with van der Waals surface area (Å²) >= 11 is 0. The van der Waals surface area contributed by atoms with Gasteiger partial charge in [0.15, 0.2) is 0 Å². The van der Waals surface area contributed by atoms with Crippen LogP contribution in [-0.4, -0.2) is 91.2 Å². The number of esters is 2. The number of benzene rings is 3. The lowest BCUT2D eigenvalue weighted by Gasteiger charge is -2.09. The van der Waals surface area contributed by atoms with Gasteiger partial charge in [0.05, 0.1) is 64.0 Å². The average molecular weight is 583 g/mol. The first-order valence-electron chi connectivity index (χ1n) is 13.8. The molecule has 0 aliphatic carbocycles. The van der Waals surface area contributed by atoms with Crippen molar-refractivity contribution in [1.82, 2.24) is 0 Å². The summed E-state index contributed by atoms with van der Waals surface area (Å²) in [6, 6.07) is 25.1. The Bertz CT molecular complexity index is 1030. The van der Waals surface area contributed by atoms with Crippen LogP contribution in [0.4, 0.5) is 0 Å². The van der Waals surface area contributed by atoms with Crippen molar-refractivity contribution >= 4 is 11.9 Å². The fraction of sp³-hybridized carbons (Fsp3) is 0.375. The smallest absolute Gasteiger partial charge is 0.338 e. The van der Waals surface area contributed by atoms with Crippen molar-refractivity contribution in [3.63, 3.8) is 0 Å². The summed E-state index contributed by atoms with van der Waals surface area (Å²) in [5, 5.41) is 0. The number of hydrogen-bond acceptors (Lipinski definition) is 10. The van der Waals surface area contributed by atoms with Gasteiger partial charge in [-0.1, -0.05) is 36.4 Å². The quantitative estimate of drug-likeness (QED) is 0.126. The summed E-state index contributed by atoms with van der Waals surface area (Å²) < 4.78 is 43.2. The van der Waals surface area contributed by atoms with Crippen molar-refractivity contribution in [1.29, 1.82) is 0 Å². The Balaban J connectivity index is 1.13. The van der Waals surface area contributed by atoms with Crippen LogP contribution in [0.3, 0.4) is 0 Å². The number of carbonyl (C=O) groups excluding carboxylic acids is 2. The van der Waals surface area contributed by atoms with Gasteiger partial charge in [-0.15, -0.1) is 0 Å². The molecule has 0 bridgehead atoms. The molecule has 10 nitrogen and oxygen atoms in total. The van der Waals surface area contributed by atoms with Crippen LogP contribution in [0.1, 0.15) is 20.7 Å². The third-order valence-electron chi connectivity index (χ3n) is 5.50. The van der Waals surface area contributed by atoms with Crippen LogP contribution in [-0.2, 0) is 28.4 Å². The van der Waals surface area contributed by atoms with Crippen LogP contribution in [0, 0.1) is 0 Å². The Morgan fingerprint density at radius 3 is 1.05 bits per heavy atom. The van der Waals surface area contributed by atoms with E-state index >= 15 is 0 Å². The fourth-order valence-corrected chi connectivity index (χ4v) is 3.41. The Morgan fingerprint density at radius 2 is 0.690 bits per heavy atom. The minimum atomic E-state index is -0.505. The first-order chi connectivity index (χ1) is 20.7. The normalized spacial score (nSPS) is 10.7. The van der Waals surface area contributed by atoms with E-state index in [2.05, 4.69) is 0 Å². The molecule has 0 saturated carbocycles. The predicted molar refractivity (Wildman–Crippen MR) is 154 cm³/mol. The zero-order chi connectivity index (χ0) is 29.5. The molecule has 0 atom stereocenters. The molecule has 42 heavy (non-hydrogen) atoms. The lowest BCUT2D eigenvalue weighted by atomic mass is 10.1. The molecule has 0 amide bonds. The van der Waals surface area contributed by atoms with Crippen molar-refractivity contribution in [2.24, 2.45) is 0 Å². The lowest BCUT2D eigenvalue weighted by Crippen LogP contribution is -2.15. The van der Waals surface area contributed by atoms with Gasteiger partial charge in [0.25, 0.3) is 0 Å². The summed E-state index contributed by atoms with van der Waals surface area (Å²) in [7, 11) is 0. The van der Waals surface area contributed by atoms with Crippen molar-refractivity contribution in [3.05, 3.63) is 96.1 Å². The molecule has 0 spiro atoms. The molecule has 0 fully saturated rings. The van der Waals surface area contributed by atoms with Gasteiger partial charge in [-0.2, -0.15) is 0 Å². The molecular weight excluding hydrogens is 544 g/mol. The van der Waals surface area contributed by atoms with E-state index in [1.807, 2.05) is 60.7 Å². The van der Waals surface area contributed by atoms with Gasteiger partial charge in [0.2, 0.25) is 0 Å². The molecule has 0 heterocycles. The van der Waals surface area contributed by atoms with Crippen molar-refractivity contribution in [3.8, 4) is 11.5 Å². The molecule has 3 aromatic carbocycles. The van der Waals surface area contributed by atoms with Crippen molar-refractivity contribution in [2.45, 2.75) is 0 Å². The monoisotopic (exact) mass is 582 g/mol. The zero-order valence-corrected chi connectivity index (χ0v) is 23.7. The predicted octanol–water partition coefficient (Wildman–Crippen LogP) is 4.22. The molecule has 3 rings (SSSR count). The average Bonchev–Trinajstić information content (AvgIpc) is 3.03. The largest absolute Gasteiger partial charge is 0.491 e. The van der Waals surface area contributed by atoms with Gasteiger partial charge in [-0.25, -0.2) is 9.59 Å². The second-order valence-electron chi connectivity index (χ2n) is 8.62. The highest BCUT2D eigenvalue weighted by Crippen LogP contribution is 2.09. The Kier molecular flexibility index (Phi) is 16.2. The molecule has 226 valence electrons. The fourth-order valence-electron chi connectivity index (χ4n) is 3.41. The van der Waals surface area contributed by atoms with Gasteiger partial charge >= 0.3 is 11.9 Å². The van der Waals surface area contributed by atoms with E-state index in [1.165, 1.54) is 24.3 Å². The maximum atomic E-state index is 12.2. The van der Waals surface area contributed by atoms with Crippen LogP contribution in [0.15, 0.2) is 84.9 Å². The Labute approximate surface area is 246 Å². The standard InChI is InChI=1S/C32H38O10/c33-31(41-25-21-37-17-15-35-19-23-39-29-7-3-1-4-8-29)27-11-13-28(14-12-27)32(34)42-26-22-38-18-16-36-20-24-40-30-9-5-2-6-10-30/h1-14H,15-26H2. The summed E-state index contributed by atoms with van der Waals surface area (Å²) in [5.41, 5.74) is 0.650. The van der Waals surface area contributed by atoms with E-state index in [9.17, 15) is 9.59 Å². The minimum Gasteiger partial charge on any atom is -0.491 e. The lowest BCUT2D eigenvalue weighted by molar-refractivity contribution is 0.0101. The topological polar surface area (TPSA) is 108 Å². The zero-order valence-electron chi connectivity index (χ0n) is 23.7. The number of para-hydroxylation sites is 2. The molecular formula is C32H38O10. The van der Waals surface area contributed by atoms with Crippen LogP contribution in [0.25, 0.3) is 0 Å². The van der Waals surface area contributed by atoms with Gasteiger partial charge in [0.1, 0.15) is 37.9 Å². The molecule has 10 heteroatoms. The summed E-state index contributed by atoms with van der Waals surface area (Å²) in [5.74, 6) is 0.592. The van der Waals surface area contributed by atoms with Crippen molar-refractivity contribution in [2.75, 3.05) is 79.3 Å². The number of carbonyl (C=O) groups is 2. The first-order valence-corrected chi connectivity index (χ1v) is 13.8. The highest BCUT2D eigenvalue weighted by atomic mass is 16.6. The summed E-state index contributed by atoms with van der Waals surface area (Å²) in [4.78, 5) is 24.4. The summed E-state index contributed by atoms with van der Waals surface area (Å²) in [6.07, 6.45) is 0. The molecule has 0 radical (unpaired) electrons. The maximum Gasteiger partial charge on any atom is 0.338 e. The van der Waals surface area contributed by atoms with E-state index < -0.39 is 11.9 Å². The SMILES string of the molecule is O=C(OCCOCCOCCOc1ccccc1)c1ccc(C(=O)OCCOCCOCCOc2ccccc2)cc1. The number of hydrogen-bond donors (Lipinski definition) is 0. The van der Waals surface area contributed by atoms with Gasteiger partial charge < -0.3 is 37.9 Å². The van der Waals surface area contributed by atoms with Gasteiger partial charge in [-0.05, 0) is 48.5 Å². The van der Waals surface area contributed by atoms with Crippen LogP contribution in [0.5, 0.6) is 11.5 Å². The van der Waals surface area contributed by atoms with Crippen LogP contribution < -0.4 is 9.47 Å². The molecule has 3 aromatic rings. The molecule has 0 unspecified atom stereocenters. The maximum absolute atomic E-state index is 12.2. The highest BCUT2D eigenvalue weighted by molar-refractivity contribution is 5.93. The minimum absolute atomic E-state index is 0.103.